The van der Waals surface area contributed by atoms with E-state index in [0.717, 1.165) is 23.6 Å². The van der Waals surface area contributed by atoms with Crippen LogP contribution in [0.1, 0.15) is 36.0 Å². The highest BCUT2D eigenvalue weighted by molar-refractivity contribution is 6.19. The molecule has 110 valence electrons. The Bertz CT molecular complexity index is 586. The number of amides is 1. The molecule has 0 saturated heterocycles. The molecule has 1 aromatic rings. The van der Waals surface area contributed by atoms with E-state index in [0.29, 0.717) is 17.7 Å². The van der Waals surface area contributed by atoms with Crippen LogP contribution in [0.3, 0.4) is 0 Å². The third kappa shape index (κ3) is 2.02. The molecule has 0 aromatic heterocycles. The molecular formula is C17H19ClN2O. The molecule has 1 heterocycles. The van der Waals surface area contributed by atoms with Crippen LogP contribution in [0.2, 0.25) is 0 Å². The topological polar surface area (TPSA) is 32.7 Å². The van der Waals surface area contributed by atoms with Crippen LogP contribution in [0.5, 0.6) is 0 Å². The maximum atomic E-state index is 12.8. The zero-order valence-electron chi connectivity index (χ0n) is 11.9. The van der Waals surface area contributed by atoms with Gasteiger partial charge in [-0.05, 0) is 43.2 Å². The molecule has 2 saturated carbocycles. The van der Waals surface area contributed by atoms with E-state index in [1.54, 1.807) is 5.01 Å². The maximum absolute atomic E-state index is 12.8. The zero-order chi connectivity index (χ0) is 14.4. The maximum Gasteiger partial charge on any atom is 0.274 e. The van der Waals surface area contributed by atoms with E-state index in [2.05, 4.69) is 0 Å². The Balaban J connectivity index is 1.67. The largest absolute Gasteiger partial charge is 0.274 e. The Morgan fingerprint density at radius 3 is 2.76 bits per heavy atom. The van der Waals surface area contributed by atoms with Crippen LogP contribution in [0.4, 0.5) is 0 Å². The number of hydrazone groups is 1. The van der Waals surface area contributed by atoms with Gasteiger partial charge in [-0.15, -0.1) is 11.6 Å². The van der Waals surface area contributed by atoms with Gasteiger partial charge < -0.3 is 0 Å². The number of hydrogen-bond acceptors (Lipinski definition) is 2. The highest BCUT2D eigenvalue weighted by Crippen LogP contribution is 2.54. The lowest BCUT2D eigenvalue weighted by Crippen LogP contribution is -2.41. The van der Waals surface area contributed by atoms with Crippen molar-refractivity contribution in [3.05, 3.63) is 35.9 Å². The summed E-state index contributed by atoms with van der Waals surface area (Å²) in [5.74, 6) is 2.45. The summed E-state index contributed by atoms with van der Waals surface area (Å²) in [7, 11) is 0. The van der Waals surface area contributed by atoms with Crippen LogP contribution in [-0.4, -0.2) is 28.5 Å². The van der Waals surface area contributed by atoms with E-state index in [9.17, 15) is 4.79 Å². The van der Waals surface area contributed by atoms with Gasteiger partial charge in [-0.25, -0.2) is 5.01 Å². The number of fused-ring (bicyclic) bond motifs is 5. The summed E-state index contributed by atoms with van der Waals surface area (Å²) in [4.78, 5) is 12.8. The molecule has 1 amide bonds. The first-order chi connectivity index (χ1) is 10.3. The number of nitrogens with zero attached hydrogens (tertiary/aromatic N) is 2. The second-order valence-corrected chi connectivity index (χ2v) is 6.77. The van der Waals surface area contributed by atoms with Crippen molar-refractivity contribution in [3.8, 4) is 0 Å². The molecule has 0 unspecified atom stereocenters. The first kappa shape index (κ1) is 13.3. The summed E-state index contributed by atoms with van der Waals surface area (Å²) in [5.41, 5.74) is 1.89. The minimum Gasteiger partial charge on any atom is -0.267 e. The average Bonchev–Trinajstić information content (AvgIpc) is 3.20. The molecule has 1 aromatic carbocycles. The van der Waals surface area contributed by atoms with Gasteiger partial charge in [-0.3, -0.25) is 4.79 Å². The molecule has 2 bridgehead atoms. The smallest absolute Gasteiger partial charge is 0.267 e. The summed E-state index contributed by atoms with van der Waals surface area (Å²) in [6.45, 7) is 0. The third-order valence-electron chi connectivity index (χ3n) is 5.36. The van der Waals surface area contributed by atoms with Gasteiger partial charge in [0.25, 0.3) is 5.91 Å². The van der Waals surface area contributed by atoms with Gasteiger partial charge >= 0.3 is 0 Å². The molecule has 3 nitrogen and oxygen atoms in total. The van der Waals surface area contributed by atoms with Crippen LogP contribution in [0.25, 0.3) is 0 Å². The second kappa shape index (κ2) is 5.13. The minimum absolute atomic E-state index is 0.0442. The molecule has 2 aliphatic carbocycles. The molecule has 4 atom stereocenters. The minimum atomic E-state index is 0.0442. The van der Waals surface area contributed by atoms with Crippen molar-refractivity contribution < 1.29 is 4.79 Å². The molecule has 4 rings (SSSR count). The highest BCUT2D eigenvalue weighted by atomic mass is 35.5. The monoisotopic (exact) mass is 302 g/mol. The average molecular weight is 303 g/mol. The molecule has 4 heteroatoms. The van der Waals surface area contributed by atoms with Crippen molar-refractivity contribution in [3.63, 3.8) is 0 Å². The Kier molecular flexibility index (Phi) is 3.26. The van der Waals surface area contributed by atoms with Gasteiger partial charge in [0, 0.05) is 29.5 Å². The van der Waals surface area contributed by atoms with E-state index in [1.165, 1.54) is 19.3 Å². The van der Waals surface area contributed by atoms with E-state index in [1.807, 2.05) is 30.3 Å². The van der Waals surface area contributed by atoms with Gasteiger partial charge in [0.15, 0.2) is 0 Å². The standard InChI is InChI=1S/C17H19ClN2O/c18-9-8-14-15-12-6-7-13(10-12)16(15)20(19-14)17(21)11-4-2-1-3-5-11/h1-5,12-13,15-16H,6-10H2/t12-,13-,15+,16+/m1/s1. The number of rotatable bonds is 3. The number of alkyl halides is 1. The number of carbonyl (C=O) groups excluding carboxylic acids is 1. The summed E-state index contributed by atoms with van der Waals surface area (Å²) >= 11 is 5.93. The predicted octanol–water partition coefficient (Wildman–Crippen LogP) is 3.54. The van der Waals surface area contributed by atoms with E-state index >= 15 is 0 Å². The van der Waals surface area contributed by atoms with Gasteiger partial charge in [-0.2, -0.15) is 5.10 Å². The molecule has 3 aliphatic rings. The Morgan fingerprint density at radius 1 is 1.24 bits per heavy atom. The lowest BCUT2D eigenvalue weighted by molar-refractivity contribution is 0.0629. The van der Waals surface area contributed by atoms with Crippen LogP contribution >= 0.6 is 11.6 Å². The Morgan fingerprint density at radius 2 is 2.00 bits per heavy atom. The highest BCUT2D eigenvalue weighted by Gasteiger charge is 2.56. The van der Waals surface area contributed by atoms with Crippen molar-refractivity contribution >= 4 is 23.2 Å². The summed E-state index contributed by atoms with van der Waals surface area (Å²) < 4.78 is 0. The van der Waals surface area contributed by atoms with Gasteiger partial charge in [-0.1, -0.05) is 18.2 Å². The van der Waals surface area contributed by atoms with Crippen LogP contribution < -0.4 is 0 Å². The lowest BCUT2D eigenvalue weighted by Gasteiger charge is -2.30. The van der Waals surface area contributed by atoms with Crippen LogP contribution in [0, 0.1) is 17.8 Å². The summed E-state index contributed by atoms with van der Waals surface area (Å²) in [6.07, 6.45) is 4.61. The molecule has 2 fully saturated rings. The normalized spacial score (nSPS) is 33.2. The third-order valence-corrected chi connectivity index (χ3v) is 5.54. The predicted molar refractivity (Wildman–Crippen MR) is 83.5 cm³/mol. The molecule has 0 radical (unpaired) electrons. The fourth-order valence-electron chi connectivity index (χ4n) is 4.56. The van der Waals surface area contributed by atoms with Crippen molar-refractivity contribution in [1.82, 2.24) is 5.01 Å². The Hall–Kier alpha value is -1.35. The van der Waals surface area contributed by atoms with Gasteiger partial charge in [0.1, 0.15) is 0 Å². The van der Waals surface area contributed by atoms with Crippen molar-refractivity contribution in [2.75, 3.05) is 5.88 Å². The number of carbonyl (C=O) groups is 1. The van der Waals surface area contributed by atoms with Crippen LogP contribution in [0.15, 0.2) is 35.4 Å². The summed E-state index contributed by atoms with van der Waals surface area (Å²) in [6, 6.07) is 9.79. The molecule has 0 spiro atoms. The molecule has 1 aliphatic heterocycles. The number of benzene rings is 1. The van der Waals surface area contributed by atoms with Crippen molar-refractivity contribution in [1.29, 1.82) is 0 Å². The van der Waals surface area contributed by atoms with E-state index in [4.69, 9.17) is 16.7 Å². The quantitative estimate of drug-likeness (QED) is 0.786. The number of halogens is 1. The molecule has 21 heavy (non-hydrogen) atoms. The lowest BCUT2D eigenvalue weighted by atomic mass is 9.81. The fraction of sp³-hybridized carbons (Fsp3) is 0.529. The fourth-order valence-corrected chi connectivity index (χ4v) is 4.75. The van der Waals surface area contributed by atoms with Crippen LogP contribution in [-0.2, 0) is 0 Å². The SMILES string of the molecule is O=C(c1ccccc1)N1N=C(CCCl)[C@@H]2[C@@H]3CC[C@H](C3)[C@@H]21. The van der Waals surface area contributed by atoms with E-state index in [-0.39, 0.29) is 11.9 Å². The molecular weight excluding hydrogens is 284 g/mol. The second-order valence-electron chi connectivity index (χ2n) is 6.40. The van der Waals surface area contributed by atoms with Gasteiger partial charge in [0.2, 0.25) is 0 Å². The zero-order valence-corrected chi connectivity index (χ0v) is 12.7. The van der Waals surface area contributed by atoms with Crippen molar-refractivity contribution in [2.24, 2.45) is 22.9 Å². The Labute approximate surface area is 130 Å². The first-order valence-electron chi connectivity index (χ1n) is 7.81. The van der Waals surface area contributed by atoms with Crippen molar-refractivity contribution in [2.45, 2.75) is 31.7 Å². The van der Waals surface area contributed by atoms with Gasteiger partial charge in [0.05, 0.1) is 6.04 Å². The summed E-state index contributed by atoms with van der Waals surface area (Å²) in [5, 5.41) is 6.48. The van der Waals surface area contributed by atoms with E-state index < -0.39 is 0 Å². The number of hydrogen-bond donors (Lipinski definition) is 0. The first-order valence-corrected chi connectivity index (χ1v) is 8.35. The molecule has 0 N–H and O–H groups in total.